The number of carbonyl (C=O) groups is 1. The van der Waals surface area contributed by atoms with Crippen LogP contribution in [-0.4, -0.2) is 53.2 Å². The third-order valence-electron chi connectivity index (χ3n) is 5.13. The summed E-state index contributed by atoms with van der Waals surface area (Å²) < 4.78 is 0. The molecule has 0 unspecified atom stereocenters. The molecular formula is C20H31N3O2. The van der Waals surface area contributed by atoms with E-state index in [4.69, 9.17) is 5.11 Å². The average Bonchev–Trinajstić information content (AvgIpc) is 3.46. The molecule has 1 saturated carbocycles. The molecule has 1 heterocycles. The number of urea groups is 1. The molecule has 1 saturated heterocycles. The van der Waals surface area contributed by atoms with E-state index in [0.29, 0.717) is 19.1 Å². The van der Waals surface area contributed by atoms with Crippen LogP contribution in [0.1, 0.15) is 49.7 Å². The summed E-state index contributed by atoms with van der Waals surface area (Å²) in [7, 11) is 0. The molecule has 3 rings (SSSR count). The van der Waals surface area contributed by atoms with E-state index in [1.807, 2.05) is 0 Å². The first-order chi connectivity index (χ1) is 12.3. The number of benzene rings is 1. The smallest absolute Gasteiger partial charge is 0.317 e. The Bertz CT molecular complexity index is 552. The van der Waals surface area contributed by atoms with Gasteiger partial charge in [-0.15, -0.1) is 0 Å². The van der Waals surface area contributed by atoms with E-state index >= 15 is 0 Å². The van der Waals surface area contributed by atoms with Gasteiger partial charge in [0.2, 0.25) is 0 Å². The number of aliphatic hydroxyl groups excluding tert-OH is 1. The topological polar surface area (TPSA) is 55.8 Å². The van der Waals surface area contributed by atoms with E-state index in [1.54, 1.807) is 4.90 Å². The maximum Gasteiger partial charge on any atom is 0.317 e. The SMILES string of the molecule is O=C(NCc1cccc(CN2CCCCCC2)c1)N(CCO)C1CC1. The Balaban J connectivity index is 1.51. The Morgan fingerprint density at radius 3 is 2.56 bits per heavy atom. The molecule has 0 aromatic heterocycles. The first-order valence-corrected chi connectivity index (χ1v) is 9.72. The molecule has 0 bridgehead atoms. The van der Waals surface area contributed by atoms with Crippen molar-refractivity contribution >= 4 is 6.03 Å². The van der Waals surface area contributed by atoms with Crippen LogP contribution in [0.5, 0.6) is 0 Å². The highest BCUT2D eigenvalue weighted by atomic mass is 16.3. The summed E-state index contributed by atoms with van der Waals surface area (Å²) in [5, 5.41) is 12.1. The van der Waals surface area contributed by atoms with Gasteiger partial charge in [-0.25, -0.2) is 4.79 Å². The van der Waals surface area contributed by atoms with Gasteiger partial charge in [0.05, 0.1) is 6.61 Å². The number of nitrogens with one attached hydrogen (secondary N) is 1. The highest BCUT2D eigenvalue weighted by molar-refractivity contribution is 5.74. The van der Waals surface area contributed by atoms with Gasteiger partial charge in [0.15, 0.2) is 0 Å². The van der Waals surface area contributed by atoms with Gasteiger partial charge < -0.3 is 15.3 Å². The zero-order valence-electron chi connectivity index (χ0n) is 15.1. The van der Waals surface area contributed by atoms with Crippen LogP contribution in [-0.2, 0) is 13.1 Å². The first kappa shape index (κ1) is 18.2. The standard InChI is InChI=1S/C20H31N3O2/c24-13-12-23(19-8-9-19)20(25)21-15-17-6-5-7-18(14-17)16-22-10-3-1-2-4-11-22/h5-7,14,19,24H,1-4,8-13,15-16H2,(H,21,25). The van der Waals surface area contributed by atoms with Gasteiger partial charge in [0.25, 0.3) is 0 Å². The van der Waals surface area contributed by atoms with Crippen molar-refractivity contribution in [2.75, 3.05) is 26.2 Å². The van der Waals surface area contributed by atoms with Crippen molar-refractivity contribution in [1.82, 2.24) is 15.1 Å². The number of rotatable bonds is 7. The zero-order valence-corrected chi connectivity index (χ0v) is 15.1. The zero-order chi connectivity index (χ0) is 17.5. The summed E-state index contributed by atoms with van der Waals surface area (Å²) in [4.78, 5) is 16.6. The van der Waals surface area contributed by atoms with E-state index < -0.39 is 0 Å². The van der Waals surface area contributed by atoms with Gasteiger partial charge in [-0.2, -0.15) is 0 Å². The van der Waals surface area contributed by atoms with Gasteiger partial charge in [0.1, 0.15) is 0 Å². The van der Waals surface area contributed by atoms with Crippen molar-refractivity contribution in [3.63, 3.8) is 0 Å². The second-order valence-corrected chi connectivity index (χ2v) is 7.32. The lowest BCUT2D eigenvalue weighted by atomic mass is 10.1. The summed E-state index contributed by atoms with van der Waals surface area (Å²) in [5.74, 6) is 0. The van der Waals surface area contributed by atoms with Crippen LogP contribution in [0.25, 0.3) is 0 Å². The summed E-state index contributed by atoms with van der Waals surface area (Å²) in [6, 6.07) is 8.80. The minimum absolute atomic E-state index is 0.0231. The van der Waals surface area contributed by atoms with Crippen molar-refractivity contribution in [2.24, 2.45) is 0 Å². The average molecular weight is 345 g/mol. The molecule has 0 atom stereocenters. The Kier molecular flexibility index (Phi) is 6.70. The lowest BCUT2D eigenvalue weighted by Crippen LogP contribution is -2.42. The van der Waals surface area contributed by atoms with Crippen molar-refractivity contribution < 1.29 is 9.90 Å². The van der Waals surface area contributed by atoms with Crippen LogP contribution in [0.15, 0.2) is 24.3 Å². The number of amides is 2. The van der Waals surface area contributed by atoms with Crippen LogP contribution in [0.3, 0.4) is 0 Å². The quantitative estimate of drug-likeness (QED) is 0.799. The largest absolute Gasteiger partial charge is 0.395 e. The highest BCUT2D eigenvalue weighted by Gasteiger charge is 2.31. The second kappa shape index (κ2) is 9.20. The molecular weight excluding hydrogens is 314 g/mol. The minimum atomic E-state index is -0.0607. The van der Waals surface area contributed by atoms with Gasteiger partial charge >= 0.3 is 6.03 Å². The molecule has 1 aromatic rings. The molecule has 1 aliphatic carbocycles. The number of likely N-dealkylation sites (tertiary alicyclic amines) is 1. The van der Waals surface area contributed by atoms with Gasteiger partial charge in [0, 0.05) is 25.7 Å². The monoisotopic (exact) mass is 345 g/mol. The lowest BCUT2D eigenvalue weighted by molar-refractivity contribution is 0.173. The predicted octanol–water partition coefficient (Wildman–Crippen LogP) is 2.73. The molecule has 2 aliphatic rings. The van der Waals surface area contributed by atoms with Crippen molar-refractivity contribution in [3.05, 3.63) is 35.4 Å². The van der Waals surface area contributed by atoms with Crippen LogP contribution in [0.4, 0.5) is 4.79 Å². The fourth-order valence-electron chi connectivity index (χ4n) is 3.61. The molecule has 138 valence electrons. The molecule has 25 heavy (non-hydrogen) atoms. The number of hydrogen-bond donors (Lipinski definition) is 2. The molecule has 2 N–H and O–H groups in total. The van der Waals surface area contributed by atoms with E-state index in [2.05, 4.69) is 34.5 Å². The summed E-state index contributed by atoms with van der Waals surface area (Å²) in [5.41, 5.74) is 2.46. The van der Waals surface area contributed by atoms with Gasteiger partial charge in [-0.1, -0.05) is 37.1 Å². The minimum Gasteiger partial charge on any atom is -0.395 e. The summed E-state index contributed by atoms with van der Waals surface area (Å²) >= 11 is 0. The van der Waals surface area contributed by atoms with Gasteiger partial charge in [-0.05, 0) is 49.9 Å². The van der Waals surface area contributed by atoms with Crippen molar-refractivity contribution in [3.8, 4) is 0 Å². The van der Waals surface area contributed by atoms with E-state index in [0.717, 1.165) is 24.9 Å². The van der Waals surface area contributed by atoms with Crippen LogP contribution >= 0.6 is 0 Å². The first-order valence-electron chi connectivity index (χ1n) is 9.72. The third kappa shape index (κ3) is 5.72. The van der Waals surface area contributed by atoms with Crippen LogP contribution in [0.2, 0.25) is 0 Å². The molecule has 1 aliphatic heterocycles. The maximum atomic E-state index is 12.3. The second-order valence-electron chi connectivity index (χ2n) is 7.32. The van der Waals surface area contributed by atoms with Crippen molar-refractivity contribution in [2.45, 2.75) is 57.7 Å². The van der Waals surface area contributed by atoms with Crippen LogP contribution < -0.4 is 5.32 Å². The lowest BCUT2D eigenvalue weighted by Gasteiger charge is -2.22. The molecule has 0 radical (unpaired) electrons. The fraction of sp³-hybridized carbons (Fsp3) is 0.650. The normalized spacial score (nSPS) is 18.6. The van der Waals surface area contributed by atoms with Crippen molar-refractivity contribution in [1.29, 1.82) is 0 Å². The van der Waals surface area contributed by atoms with E-state index in [1.165, 1.54) is 44.3 Å². The number of hydrogen-bond acceptors (Lipinski definition) is 3. The Morgan fingerprint density at radius 2 is 1.88 bits per heavy atom. The van der Waals surface area contributed by atoms with Crippen LogP contribution in [0, 0.1) is 0 Å². The number of nitrogens with zero attached hydrogens (tertiary/aromatic N) is 2. The Morgan fingerprint density at radius 1 is 1.16 bits per heavy atom. The summed E-state index contributed by atoms with van der Waals surface area (Å²) in [6.45, 7) is 4.37. The molecule has 2 fully saturated rings. The summed E-state index contributed by atoms with van der Waals surface area (Å²) in [6.07, 6.45) is 7.43. The van der Waals surface area contributed by atoms with Gasteiger partial charge in [-0.3, -0.25) is 4.90 Å². The molecule has 1 aromatic carbocycles. The number of aliphatic hydroxyl groups is 1. The molecule has 0 spiro atoms. The molecule has 5 nitrogen and oxygen atoms in total. The Labute approximate surface area is 151 Å². The highest BCUT2D eigenvalue weighted by Crippen LogP contribution is 2.26. The maximum absolute atomic E-state index is 12.3. The number of carbonyl (C=O) groups excluding carboxylic acids is 1. The molecule has 2 amide bonds. The third-order valence-corrected chi connectivity index (χ3v) is 5.13. The Hall–Kier alpha value is -1.59. The fourth-order valence-corrected chi connectivity index (χ4v) is 3.61. The molecule has 5 heteroatoms. The predicted molar refractivity (Wildman–Crippen MR) is 99.2 cm³/mol. The van der Waals surface area contributed by atoms with E-state index in [9.17, 15) is 4.79 Å². The van der Waals surface area contributed by atoms with E-state index in [-0.39, 0.29) is 12.6 Å².